The molecule has 0 aliphatic rings. The molecule has 0 atom stereocenters. The van der Waals surface area contributed by atoms with Gasteiger partial charge in [-0.1, -0.05) is 12.1 Å². The third-order valence-corrected chi connectivity index (χ3v) is 2.58. The molecular weight excluding hydrogens is 293 g/mol. The van der Waals surface area contributed by atoms with E-state index in [0.29, 0.717) is 0 Å². The molecule has 108 valence electrons. The summed E-state index contributed by atoms with van der Waals surface area (Å²) in [5, 5.41) is 8.89. The van der Waals surface area contributed by atoms with Crippen molar-refractivity contribution in [3.63, 3.8) is 0 Å². The van der Waals surface area contributed by atoms with E-state index in [1.54, 1.807) is 6.07 Å². The summed E-state index contributed by atoms with van der Waals surface area (Å²) in [4.78, 5) is 0. The highest BCUT2D eigenvalue weighted by Crippen LogP contribution is 2.29. The van der Waals surface area contributed by atoms with Gasteiger partial charge in [-0.15, -0.1) is 13.2 Å². The maximum Gasteiger partial charge on any atom is 0.573 e. The van der Waals surface area contributed by atoms with Gasteiger partial charge >= 0.3 is 6.36 Å². The molecule has 21 heavy (non-hydrogen) atoms. The maximum absolute atomic E-state index is 13.2. The first-order chi connectivity index (χ1) is 9.80. The van der Waals surface area contributed by atoms with E-state index in [1.807, 2.05) is 0 Å². The third-order valence-electron chi connectivity index (χ3n) is 2.58. The number of ether oxygens (including phenoxy) is 1. The van der Waals surface area contributed by atoms with E-state index in [-0.39, 0.29) is 16.7 Å². The van der Waals surface area contributed by atoms with Crippen LogP contribution >= 0.6 is 0 Å². The average molecular weight is 299 g/mol. The molecule has 2 aromatic carbocycles. The largest absolute Gasteiger partial charge is 0.573 e. The topological polar surface area (TPSA) is 33.0 Å². The lowest BCUT2D eigenvalue weighted by Gasteiger charge is -2.10. The average Bonchev–Trinajstić information content (AvgIpc) is 2.40. The standard InChI is InChI=1S/C14H6F5NO/c15-12-5-9(7-20)11(6-13(12)16)8-1-3-10(4-2-8)21-14(17,18)19/h1-6H. The van der Waals surface area contributed by atoms with Crippen molar-refractivity contribution in [1.82, 2.24) is 0 Å². The first-order valence-electron chi connectivity index (χ1n) is 5.55. The zero-order valence-electron chi connectivity index (χ0n) is 10.2. The molecule has 0 aliphatic carbocycles. The number of hydrogen-bond donors (Lipinski definition) is 0. The molecule has 2 nitrogen and oxygen atoms in total. The molecule has 0 aromatic heterocycles. The number of nitriles is 1. The van der Waals surface area contributed by atoms with Gasteiger partial charge in [0.2, 0.25) is 0 Å². The first-order valence-corrected chi connectivity index (χ1v) is 5.55. The van der Waals surface area contributed by atoms with Crippen LogP contribution in [0.25, 0.3) is 11.1 Å². The molecular formula is C14H6F5NO. The van der Waals surface area contributed by atoms with Crippen molar-refractivity contribution >= 4 is 0 Å². The van der Waals surface area contributed by atoms with Gasteiger partial charge in [0.25, 0.3) is 0 Å². The van der Waals surface area contributed by atoms with Crippen LogP contribution < -0.4 is 4.74 Å². The van der Waals surface area contributed by atoms with Gasteiger partial charge in [-0.3, -0.25) is 0 Å². The molecule has 0 saturated carbocycles. The van der Waals surface area contributed by atoms with Gasteiger partial charge in [0.05, 0.1) is 11.6 Å². The lowest BCUT2D eigenvalue weighted by atomic mass is 10.00. The molecule has 7 heteroatoms. The molecule has 2 rings (SSSR count). The molecule has 0 aliphatic heterocycles. The van der Waals surface area contributed by atoms with Gasteiger partial charge in [-0.2, -0.15) is 5.26 Å². The van der Waals surface area contributed by atoms with Gasteiger partial charge in [-0.05, 0) is 29.8 Å². The Morgan fingerprint density at radius 3 is 2.05 bits per heavy atom. The fourth-order valence-corrected chi connectivity index (χ4v) is 1.71. The Hall–Kier alpha value is -2.62. The molecule has 0 N–H and O–H groups in total. The van der Waals surface area contributed by atoms with E-state index in [2.05, 4.69) is 4.74 Å². The minimum Gasteiger partial charge on any atom is -0.406 e. The Labute approximate surface area is 116 Å². The Morgan fingerprint density at radius 2 is 1.52 bits per heavy atom. The van der Waals surface area contributed by atoms with Crippen molar-refractivity contribution in [3.05, 3.63) is 53.6 Å². The predicted molar refractivity (Wildman–Crippen MR) is 63.2 cm³/mol. The van der Waals surface area contributed by atoms with E-state index in [4.69, 9.17) is 5.26 Å². The highest BCUT2D eigenvalue weighted by atomic mass is 19.4. The Morgan fingerprint density at radius 1 is 0.952 bits per heavy atom. The summed E-state index contributed by atoms with van der Waals surface area (Å²) in [6.45, 7) is 0. The van der Waals surface area contributed by atoms with Crippen molar-refractivity contribution in [2.75, 3.05) is 0 Å². The lowest BCUT2D eigenvalue weighted by Crippen LogP contribution is -2.16. The molecule has 0 amide bonds. The monoisotopic (exact) mass is 299 g/mol. The second-order valence-corrected chi connectivity index (χ2v) is 4.00. The number of nitrogens with zero attached hydrogens (tertiary/aromatic N) is 1. The molecule has 0 saturated heterocycles. The summed E-state index contributed by atoms with van der Waals surface area (Å²) < 4.78 is 66.0. The smallest absolute Gasteiger partial charge is 0.406 e. The highest BCUT2D eigenvalue weighted by molar-refractivity contribution is 5.71. The molecule has 0 heterocycles. The van der Waals surface area contributed by atoms with E-state index < -0.39 is 23.7 Å². The number of hydrogen-bond acceptors (Lipinski definition) is 2. The SMILES string of the molecule is N#Cc1cc(F)c(F)cc1-c1ccc(OC(F)(F)F)cc1. The minimum atomic E-state index is -4.82. The minimum absolute atomic E-state index is 0.0787. The Bertz CT molecular complexity index is 701. The molecule has 2 aromatic rings. The normalized spacial score (nSPS) is 11.0. The molecule has 0 fully saturated rings. The molecule has 0 spiro atoms. The van der Waals surface area contributed by atoms with Crippen molar-refractivity contribution in [2.45, 2.75) is 6.36 Å². The summed E-state index contributed by atoms with van der Waals surface area (Å²) in [6.07, 6.45) is -4.82. The molecule has 0 bridgehead atoms. The quantitative estimate of drug-likeness (QED) is 0.770. The summed E-state index contributed by atoms with van der Waals surface area (Å²) >= 11 is 0. The molecule has 0 unspecified atom stereocenters. The second-order valence-electron chi connectivity index (χ2n) is 4.00. The first kappa shape index (κ1) is 14.8. The van der Waals surface area contributed by atoms with Crippen LogP contribution in [0.1, 0.15) is 5.56 Å². The summed E-state index contributed by atoms with van der Waals surface area (Å²) in [5.74, 6) is -2.78. The number of alkyl halides is 3. The van der Waals surface area contributed by atoms with Crippen LogP contribution in [0.3, 0.4) is 0 Å². The van der Waals surface area contributed by atoms with Gasteiger partial charge in [0, 0.05) is 5.56 Å². The van der Waals surface area contributed by atoms with Crippen molar-refractivity contribution < 1.29 is 26.7 Å². The van der Waals surface area contributed by atoms with Crippen LogP contribution in [-0.2, 0) is 0 Å². The van der Waals surface area contributed by atoms with Gasteiger partial charge in [-0.25, -0.2) is 8.78 Å². The predicted octanol–water partition coefficient (Wildman–Crippen LogP) is 4.40. The van der Waals surface area contributed by atoms with Crippen LogP contribution in [0.5, 0.6) is 5.75 Å². The van der Waals surface area contributed by atoms with Crippen molar-refractivity contribution in [3.8, 4) is 22.9 Å². The summed E-state index contributed by atoms with van der Waals surface area (Å²) in [5.41, 5.74) is 0.216. The van der Waals surface area contributed by atoms with E-state index >= 15 is 0 Å². The lowest BCUT2D eigenvalue weighted by molar-refractivity contribution is -0.274. The fraction of sp³-hybridized carbons (Fsp3) is 0.0714. The summed E-state index contributed by atoms with van der Waals surface area (Å²) in [6, 6.07) is 7.71. The van der Waals surface area contributed by atoms with Crippen LogP contribution in [0.4, 0.5) is 22.0 Å². The van der Waals surface area contributed by atoms with Gasteiger partial charge < -0.3 is 4.74 Å². The second kappa shape index (κ2) is 5.40. The van der Waals surface area contributed by atoms with Crippen LogP contribution in [-0.4, -0.2) is 6.36 Å². The zero-order chi connectivity index (χ0) is 15.6. The van der Waals surface area contributed by atoms with Crippen LogP contribution in [0.15, 0.2) is 36.4 Å². The highest BCUT2D eigenvalue weighted by Gasteiger charge is 2.31. The van der Waals surface area contributed by atoms with E-state index in [0.717, 1.165) is 24.3 Å². The van der Waals surface area contributed by atoms with Gasteiger partial charge in [0.1, 0.15) is 5.75 Å². The number of halogens is 5. The van der Waals surface area contributed by atoms with E-state index in [1.165, 1.54) is 12.1 Å². The zero-order valence-corrected chi connectivity index (χ0v) is 10.2. The summed E-state index contributed by atoms with van der Waals surface area (Å²) in [7, 11) is 0. The van der Waals surface area contributed by atoms with E-state index in [9.17, 15) is 22.0 Å². The van der Waals surface area contributed by atoms with Crippen molar-refractivity contribution in [2.24, 2.45) is 0 Å². The Balaban J connectivity index is 2.40. The molecule has 0 radical (unpaired) electrons. The van der Waals surface area contributed by atoms with Gasteiger partial charge in [0.15, 0.2) is 11.6 Å². The van der Waals surface area contributed by atoms with Crippen LogP contribution in [0, 0.1) is 23.0 Å². The Kier molecular flexibility index (Phi) is 3.80. The maximum atomic E-state index is 13.2. The fourth-order valence-electron chi connectivity index (χ4n) is 1.71. The number of rotatable bonds is 2. The van der Waals surface area contributed by atoms with Crippen molar-refractivity contribution in [1.29, 1.82) is 5.26 Å². The third kappa shape index (κ3) is 3.48. The number of benzene rings is 2. The van der Waals surface area contributed by atoms with Crippen LogP contribution in [0.2, 0.25) is 0 Å².